The van der Waals surface area contributed by atoms with Gasteiger partial charge < -0.3 is 18.9 Å². The standard InChI is InChI=1S/C29H42O5/c1-4-6-7-8-9-10-11-12-22-32-26-15-13-25(14-16-26)29(30)34-28-19-17-27(18-20-28)33-23-24(3)31-21-5-2/h13-20,24H,4-12,21-23H2,1-3H3/t24-/m0/s1. The van der Waals surface area contributed by atoms with Gasteiger partial charge in [0.1, 0.15) is 23.9 Å². The smallest absolute Gasteiger partial charge is 0.343 e. The SMILES string of the molecule is CCCCCCCCCCOc1ccc(C(=O)Oc2ccc(OC[C@H](C)OCCC)cc2)cc1. The summed E-state index contributed by atoms with van der Waals surface area (Å²) in [5.41, 5.74) is 0.488. The zero-order valence-corrected chi connectivity index (χ0v) is 21.2. The van der Waals surface area contributed by atoms with Crippen LogP contribution in [0.25, 0.3) is 0 Å². The van der Waals surface area contributed by atoms with E-state index in [1.54, 1.807) is 36.4 Å². The summed E-state index contributed by atoms with van der Waals surface area (Å²) in [5, 5.41) is 0. The Morgan fingerprint density at radius 1 is 0.676 bits per heavy atom. The van der Waals surface area contributed by atoms with Gasteiger partial charge in [0.25, 0.3) is 0 Å². The predicted octanol–water partition coefficient (Wildman–Crippen LogP) is 7.62. The summed E-state index contributed by atoms with van der Waals surface area (Å²) in [6, 6.07) is 14.1. The Morgan fingerprint density at radius 2 is 1.24 bits per heavy atom. The number of ether oxygens (including phenoxy) is 4. The first-order valence-electron chi connectivity index (χ1n) is 12.9. The maximum Gasteiger partial charge on any atom is 0.343 e. The summed E-state index contributed by atoms with van der Waals surface area (Å²) < 4.78 is 22.6. The molecular formula is C29H42O5. The normalized spacial score (nSPS) is 11.7. The second-order valence-corrected chi connectivity index (χ2v) is 8.70. The fourth-order valence-electron chi connectivity index (χ4n) is 3.46. The van der Waals surface area contributed by atoms with Crippen molar-refractivity contribution in [1.82, 2.24) is 0 Å². The molecule has 34 heavy (non-hydrogen) atoms. The van der Waals surface area contributed by atoms with Crippen LogP contribution in [0.15, 0.2) is 48.5 Å². The quantitative estimate of drug-likeness (QED) is 0.127. The highest BCUT2D eigenvalue weighted by Crippen LogP contribution is 2.20. The third-order valence-electron chi connectivity index (χ3n) is 5.48. The molecule has 0 N–H and O–H groups in total. The molecule has 188 valence electrons. The van der Waals surface area contributed by atoms with Gasteiger partial charge in [0.2, 0.25) is 0 Å². The van der Waals surface area contributed by atoms with Gasteiger partial charge in [0.05, 0.1) is 18.3 Å². The van der Waals surface area contributed by atoms with Crippen molar-refractivity contribution in [3.8, 4) is 17.2 Å². The Kier molecular flexibility index (Phi) is 13.8. The van der Waals surface area contributed by atoms with Crippen molar-refractivity contribution in [1.29, 1.82) is 0 Å². The van der Waals surface area contributed by atoms with Gasteiger partial charge in [-0.2, -0.15) is 0 Å². The molecule has 0 saturated carbocycles. The summed E-state index contributed by atoms with van der Waals surface area (Å²) in [7, 11) is 0. The van der Waals surface area contributed by atoms with E-state index in [0.29, 0.717) is 30.3 Å². The van der Waals surface area contributed by atoms with Crippen LogP contribution in [-0.2, 0) is 4.74 Å². The first-order valence-corrected chi connectivity index (χ1v) is 12.9. The van der Waals surface area contributed by atoms with Crippen LogP contribution in [0, 0.1) is 0 Å². The monoisotopic (exact) mass is 470 g/mol. The van der Waals surface area contributed by atoms with Crippen molar-refractivity contribution in [3.63, 3.8) is 0 Å². The molecule has 0 aliphatic heterocycles. The lowest BCUT2D eigenvalue weighted by molar-refractivity contribution is 0.0327. The Hall–Kier alpha value is -2.53. The third kappa shape index (κ3) is 11.6. The van der Waals surface area contributed by atoms with Gasteiger partial charge in [-0.25, -0.2) is 4.79 Å². The molecule has 0 aliphatic rings. The average Bonchev–Trinajstić information content (AvgIpc) is 2.86. The number of benzene rings is 2. The molecule has 0 amide bonds. The fraction of sp³-hybridized carbons (Fsp3) is 0.552. The molecule has 1 atom stereocenters. The Balaban J connectivity index is 1.66. The topological polar surface area (TPSA) is 54.0 Å². The van der Waals surface area contributed by atoms with Crippen LogP contribution < -0.4 is 14.2 Å². The molecule has 0 aliphatic carbocycles. The van der Waals surface area contributed by atoms with Crippen molar-refractivity contribution < 1.29 is 23.7 Å². The van der Waals surface area contributed by atoms with E-state index in [1.807, 2.05) is 19.1 Å². The largest absolute Gasteiger partial charge is 0.494 e. The van der Waals surface area contributed by atoms with Gasteiger partial charge in [0, 0.05) is 6.61 Å². The molecular weight excluding hydrogens is 428 g/mol. The van der Waals surface area contributed by atoms with E-state index < -0.39 is 5.97 Å². The van der Waals surface area contributed by atoms with E-state index in [9.17, 15) is 4.79 Å². The van der Waals surface area contributed by atoms with Crippen molar-refractivity contribution in [2.75, 3.05) is 19.8 Å². The molecule has 0 saturated heterocycles. The van der Waals surface area contributed by atoms with Gasteiger partial charge in [-0.3, -0.25) is 0 Å². The highest BCUT2D eigenvalue weighted by atomic mass is 16.5. The molecule has 2 rings (SSSR count). The van der Waals surface area contributed by atoms with Crippen LogP contribution in [-0.4, -0.2) is 31.9 Å². The highest BCUT2D eigenvalue weighted by Gasteiger charge is 2.10. The number of unbranched alkanes of at least 4 members (excludes halogenated alkanes) is 7. The first-order chi connectivity index (χ1) is 16.6. The first kappa shape index (κ1) is 27.7. The molecule has 5 nitrogen and oxygen atoms in total. The Morgan fingerprint density at radius 3 is 1.88 bits per heavy atom. The number of rotatable bonds is 18. The average molecular weight is 471 g/mol. The van der Waals surface area contributed by atoms with Crippen LogP contribution in [0.3, 0.4) is 0 Å². The van der Waals surface area contributed by atoms with Crippen LogP contribution in [0.5, 0.6) is 17.2 Å². The Bertz CT molecular complexity index is 785. The molecule has 5 heteroatoms. The molecule has 2 aromatic rings. The van der Waals surface area contributed by atoms with E-state index in [-0.39, 0.29) is 6.10 Å². The lowest BCUT2D eigenvalue weighted by atomic mass is 10.1. The van der Waals surface area contributed by atoms with Gasteiger partial charge in [-0.05, 0) is 68.3 Å². The van der Waals surface area contributed by atoms with E-state index >= 15 is 0 Å². The summed E-state index contributed by atoms with van der Waals surface area (Å²) in [5.74, 6) is 1.57. The molecule has 0 spiro atoms. The van der Waals surface area contributed by atoms with E-state index in [4.69, 9.17) is 18.9 Å². The van der Waals surface area contributed by atoms with E-state index in [2.05, 4.69) is 13.8 Å². The van der Waals surface area contributed by atoms with Gasteiger partial charge in [0.15, 0.2) is 0 Å². The summed E-state index contributed by atoms with van der Waals surface area (Å²) in [4.78, 5) is 12.4. The maximum absolute atomic E-state index is 12.4. The van der Waals surface area contributed by atoms with Crippen molar-refractivity contribution in [3.05, 3.63) is 54.1 Å². The number of carbonyl (C=O) groups excluding carboxylic acids is 1. The lowest BCUT2D eigenvalue weighted by Crippen LogP contribution is -2.18. The third-order valence-corrected chi connectivity index (χ3v) is 5.48. The number of esters is 1. The zero-order chi connectivity index (χ0) is 24.4. The minimum absolute atomic E-state index is 0.0322. The van der Waals surface area contributed by atoms with Crippen molar-refractivity contribution in [2.45, 2.75) is 84.7 Å². The maximum atomic E-state index is 12.4. The molecule has 0 heterocycles. The second kappa shape index (κ2) is 17.0. The van der Waals surface area contributed by atoms with E-state index in [1.165, 1.54) is 44.9 Å². The predicted molar refractivity (Wildman–Crippen MR) is 137 cm³/mol. The summed E-state index contributed by atoms with van der Waals surface area (Å²) >= 11 is 0. The highest BCUT2D eigenvalue weighted by molar-refractivity contribution is 5.91. The molecule has 0 unspecified atom stereocenters. The fourth-order valence-corrected chi connectivity index (χ4v) is 3.46. The number of carbonyl (C=O) groups is 1. The lowest BCUT2D eigenvalue weighted by Gasteiger charge is -2.14. The Labute approximate surface area is 205 Å². The van der Waals surface area contributed by atoms with Crippen LogP contribution >= 0.6 is 0 Å². The molecule has 0 aromatic heterocycles. The minimum atomic E-state index is -0.398. The second-order valence-electron chi connectivity index (χ2n) is 8.70. The molecule has 0 bridgehead atoms. The van der Waals surface area contributed by atoms with Crippen molar-refractivity contribution >= 4 is 5.97 Å². The minimum Gasteiger partial charge on any atom is -0.494 e. The molecule has 2 aromatic carbocycles. The summed E-state index contributed by atoms with van der Waals surface area (Å²) in [6.07, 6.45) is 11.2. The van der Waals surface area contributed by atoms with Gasteiger partial charge in [-0.1, -0.05) is 58.8 Å². The number of hydrogen-bond donors (Lipinski definition) is 0. The van der Waals surface area contributed by atoms with Crippen LogP contribution in [0.2, 0.25) is 0 Å². The van der Waals surface area contributed by atoms with Crippen LogP contribution in [0.1, 0.15) is 88.9 Å². The van der Waals surface area contributed by atoms with Crippen LogP contribution in [0.4, 0.5) is 0 Å². The zero-order valence-electron chi connectivity index (χ0n) is 21.2. The van der Waals surface area contributed by atoms with Gasteiger partial charge >= 0.3 is 5.97 Å². The molecule has 0 radical (unpaired) electrons. The van der Waals surface area contributed by atoms with E-state index in [0.717, 1.165) is 25.2 Å². The molecule has 0 fully saturated rings. The van der Waals surface area contributed by atoms with Gasteiger partial charge in [-0.15, -0.1) is 0 Å². The summed E-state index contributed by atoms with van der Waals surface area (Å²) in [6.45, 7) is 8.22. The van der Waals surface area contributed by atoms with Crippen molar-refractivity contribution in [2.24, 2.45) is 0 Å². The number of hydrogen-bond acceptors (Lipinski definition) is 5.